The van der Waals surface area contributed by atoms with Crippen LogP contribution >= 0.6 is 0 Å². The molecule has 2 atom stereocenters. The van der Waals surface area contributed by atoms with Crippen molar-refractivity contribution in [3.63, 3.8) is 0 Å². The van der Waals surface area contributed by atoms with Crippen LogP contribution in [0.5, 0.6) is 0 Å². The van der Waals surface area contributed by atoms with Crippen molar-refractivity contribution in [3.8, 4) is 12.3 Å². The highest BCUT2D eigenvalue weighted by atomic mass is 16.5. The first kappa shape index (κ1) is 14.6. The zero-order chi connectivity index (χ0) is 14.8. The number of methoxy groups -OCH3 is 1. The Hall–Kier alpha value is -2.49. The quantitative estimate of drug-likeness (QED) is 0.551. The molecule has 0 saturated carbocycles. The van der Waals surface area contributed by atoms with E-state index in [1.54, 1.807) is 0 Å². The van der Waals surface area contributed by atoms with Crippen LogP contribution < -0.4 is 0 Å². The number of terminal acetylenes is 1. The number of hydrogen-bond acceptors (Lipinski definition) is 4. The van der Waals surface area contributed by atoms with Crippen molar-refractivity contribution < 1.29 is 29.3 Å². The Kier molecular flexibility index (Phi) is 3.85. The molecule has 0 bridgehead atoms. The van der Waals surface area contributed by atoms with Crippen molar-refractivity contribution in [2.75, 3.05) is 7.11 Å². The van der Waals surface area contributed by atoms with Gasteiger partial charge in [-0.15, -0.1) is 6.42 Å². The molecule has 7 nitrogen and oxygen atoms in total. The van der Waals surface area contributed by atoms with Crippen molar-refractivity contribution in [2.45, 2.75) is 24.4 Å². The number of ether oxygens (including phenoxy) is 1. The molecule has 1 heterocycles. The maximum Gasteiger partial charge on any atom is 0.411 e. The number of nitrogens with zero attached hydrogens (tertiary/aromatic N) is 1. The van der Waals surface area contributed by atoms with E-state index in [1.165, 1.54) is 0 Å². The first-order valence-corrected chi connectivity index (χ1v) is 5.28. The van der Waals surface area contributed by atoms with Crippen LogP contribution in [0.15, 0.2) is 12.2 Å². The predicted octanol–water partition coefficient (Wildman–Crippen LogP) is 0.315. The van der Waals surface area contributed by atoms with Gasteiger partial charge in [-0.25, -0.2) is 14.4 Å². The van der Waals surface area contributed by atoms with E-state index in [2.05, 4.69) is 11.3 Å². The zero-order valence-electron chi connectivity index (χ0n) is 10.3. The summed E-state index contributed by atoms with van der Waals surface area (Å²) in [6.07, 6.45) is 3.86. The minimum Gasteiger partial charge on any atom is -0.480 e. The third kappa shape index (κ3) is 2.25. The van der Waals surface area contributed by atoms with E-state index in [1.807, 2.05) is 5.92 Å². The minimum atomic E-state index is -2.09. The lowest BCUT2D eigenvalue weighted by Gasteiger charge is -2.43. The van der Waals surface area contributed by atoms with Crippen molar-refractivity contribution in [1.82, 2.24) is 4.90 Å². The molecule has 0 aliphatic carbocycles. The summed E-state index contributed by atoms with van der Waals surface area (Å²) < 4.78 is 4.45. The summed E-state index contributed by atoms with van der Waals surface area (Å²) in [5, 5.41) is 18.4. The summed E-state index contributed by atoms with van der Waals surface area (Å²) in [6, 6.07) is -1.42. The molecule has 1 aliphatic heterocycles. The van der Waals surface area contributed by atoms with Crippen LogP contribution in [0, 0.1) is 12.3 Å². The average Bonchev–Trinajstić information content (AvgIpc) is 2.36. The molecule has 0 spiro atoms. The minimum absolute atomic E-state index is 0.0683. The van der Waals surface area contributed by atoms with Crippen molar-refractivity contribution in [1.29, 1.82) is 0 Å². The number of likely N-dealkylation sites (tertiary alicyclic amines) is 1. The maximum absolute atomic E-state index is 11.7. The summed E-state index contributed by atoms with van der Waals surface area (Å²) in [5.74, 6) is -0.863. The number of carbonyl (C=O) groups is 3. The molecule has 102 valence electrons. The number of amides is 1. The highest BCUT2D eigenvalue weighted by Crippen LogP contribution is 2.35. The molecule has 2 unspecified atom stereocenters. The van der Waals surface area contributed by atoms with E-state index in [9.17, 15) is 19.5 Å². The Morgan fingerprint density at radius 2 is 2.11 bits per heavy atom. The summed E-state index contributed by atoms with van der Waals surface area (Å²) >= 11 is 0. The van der Waals surface area contributed by atoms with E-state index >= 15 is 0 Å². The number of carboxylic acid groups (broad SMARTS) is 2. The van der Waals surface area contributed by atoms with Gasteiger partial charge < -0.3 is 14.9 Å². The van der Waals surface area contributed by atoms with E-state index in [0.717, 1.165) is 7.11 Å². The van der Waals surface area contributed by atoms with Gasteiger partial charge in [-0.2, -0.15) is 0 Å². The van der Waals surface area contributed by atoms with Crippen LogP contribution in [-0.4, -0.2) is 51.8 Å². The van der Waals surface area contributed by atoms with Crippen LogP contribution in [0.25, 0.3) is 0 Å². The highest BCUT2D eigenvalue weighted by molar-refractivity contribution is 5.92. The maximum atomic E-state index is 11.7. The van der Waals surface area contributed by atoms with Gasteiger partial charge in [0, 0.05) is 6.42 Å². The standard InChI is InChI=1S/C12H13NO6/c1-4-12(10(16)17)6-7(2)5-8(9(14)15)13(12)11(18)19-3/h1,8H,2,5-6H2,3H3,(H,14,15)(H,16,17). The fourth-order valence-corrected chi connectivity index (χ4v) is 2.09. The van der Waals surface area contributed by atoms with Gasteiger partial charge in [0.2, 0.25) is 5.54 Å². The van der Waals surface area contributed by atoms with Gasteiger partial charge in [-0.05, 0) is 6.42 Å². The fraction of sp³-hybridized carbons (Fsp3) is 0.417. The molecule has 7 heteroatoms. The summed E-state index contributed by atoms with van der Waals surface area (Å²) in [5.41, 5.74) is -1.74. The Balaban J connectivity index is 3.43. The third-order valence-electron chi connectivity index (χ3n) is 2.96. The van der Waals surface area contributed by atoms with Crippen molar-refractivity contribution in [3.05, 3.63) is 12.2 Å². The average molecular weight is 267 g/mol. The predicted molar refractivity (Wildman–Crippen MR) is 63.2 cm³/mol. The molecule has 2 N–H and O–H groups in total. The molecule has 0 aromatic carbocycles. The number of carboxylic acids is 2. The van der Waals surface area contributed by atoms with Gasteiger partial charge in [0.1, 0.15) is 6.04 Å². The van der Waals surface area contributed by atoms with Crippen LogP contribution in [0.2, 0.25) is 0 Å². The molecule has 1 amide bonds. The molecule has 1 aliphatic rings. The SMILES string of the molecule is C#CC1(C(=O)O)CC(=C)CC(C(=O)O)N1C(=O)OC. The van der Waals surface area contributed by atoms with Crippen LogP contribution in [0.4, 0.5) is 4.79 Å². The lowest BCUT2D eigenvalue weighted by atomic mass is 9.81. The Bertz CT molecular complexity index is 491. The molecule has 1 saturated heterocycles. The first-order valence-electron chi connectivity index (χ1n) is 5.28. The van der Waals surface area contributed by atoms with Gasteiger partial charge in [-0.3, -0.25) is 4.90 Å². The van der Waals surface area contributed by atoms with Crippen molar-refractivity contribution >= 4 is 18.0 Å². The van der Waals surface area contributed by atoms with E-state index in [-0.39, 0.29) is 12.8 Å². The highest BCUT2D eigenvalue weighted by Gasteiger charge is 2.54. The lowest BCUT2D eigenvalue weighted by Crippen LogP contribution is -2.64. The number of piperidine rings is 1. The number of rotatable bonds is 2. The van der Waals surface area contributed by atoms with Crippen LogP contribution in [0.1, 0.15) is 12.8 Å². The van der Waals surface area contributed by atoms with Gasteiger partial charge in [0.05, 0.1) is 7.11 Å². The number of aliphatic carboxylic acids is 2. The van der Waals surface area contributed by atoms with E-state index in [4.69, 9.17) is 11.5 Å². The second-order valence-electron chi connectivity index (χ2n) is 4.13. The molecule has 0 radical (unpaired) electrons. The Morgan fingerprint density at radius 1 is 1.53 bits per heavy atom. The molecule has 0 aromatic heterocycles. The van der Waals surface area contributed by atoms with Crippen molar-refractivity contribution in [2.24, 2.45) is 0 Å². The summed E-state index contributed by atoms with van der Waals surface area (Å²) in [6.45, 7) is 3.59. The summed E-state index contributed by atoms with van der Waals surface area (Å²) in [7, 11) is 1.02. The lowest BCUT2D eigenvalue weighted by molar-refractivity contribution is -0.154. The van der Waals surface area contributed by atoms with E-state index < -0.39 is 29.6 Å². The number of carbonyl (C=O) groups excluding carboxylic acids is 1. The van der Waals surface area contributed by atoms with Gasteiger partial charge in [-0.1, -0.05) is 18.1 Å². The molecule has 1 rings (SSSR count). The summed E-state index contributed by atoms with van der Waals surface area (Å²) in [4.78, 5) is 34.9. The number of hydrogen-bond donors (Lipinski definition) is 2. The van der Waals surface area contributed by atoms with E-state index in [0.29, 0.717) is 10.5 Å². The topological polar surface area (TPSA) is 104 Å². The molecule has 19 heavy (non-hydrogen) atoms. The second kappa shape index (κ2) is 5.02. The third-order valence-corrected chi connectivity index (χ3v) is 2.96. The normalized spacial score (nSPS) is 26.4. The van der Waals surface area contributed by atoms with Crippen LogP contribution in [-0.2, 0) is 14.3 Å². The second-order valence-corrected chi connectivity index (χ2v) is 4.13. The smallest absolute Gasteiger partial charge is 0.411 e. The van der Waals surface area contributed by atoms with Gasteiger partial charge in [0.15, 0.2) is 0 Å². The zero-order valence-corrected chi connectivity index (χ0v) is 10.3. The first-order chi connectivity index (χ1) is 8.80. The Labute approximate surface area is 109 Å². The molecular weight excluding hydrogens is 254 g/mol. The van der Waals surface area contributed by atoms with Crippen LogP contribution in [0.3, 0.4) is 0 Å². The largest absolute Gasteiger partial charge is 0.480 e. The van der Waals surface area contributed by atoms with Gasteiger partial charge in [0.25, 0.3) is 0 Å². The monoisotopic (exact) mass is 267 g/mol. The molecular formula is C12H13NO6. The Morgan fingerprint density at radius 3 is 2.47 bits per heavy atom. The fourth-order valence-electron chi connectivity index (χ4n) is 2.09. The molecule has 1 fully saturated rings. The molecule has 0 aromatic rings. The van der Waals surface area contributed by atoms with Gasteiger partial charge >= 0.3 is 18.0 Å².